The summed E-state index contributed by atoms with van der Waals surface area (Å²) in [5, 5.41) is 0. The molecule has 4 nitrogen and oxygen atoms in total. The molecule has 1 unspecified atom stereocenters. The lowest BCUT2D eigenvalue weighted by Crippen LogP contribution is -2.40. The van der Waals surface area contributed by atoms with Crippen molar-refractivity contribution in [1.82, 2.24) is 0 Å². The molecule has 0 aromatic rings. The van der Waals surface area contributed by atoms with E-state index in [9.17, 15) is 13.8 Å². The number of carbonyl (C=O) groups excluding carboxylic acids is 2. The van der Waals surface area contributed by atoms with Gasteiger partial charge < -0.3 is 4.74 Å². The average molecular weight is 262 g/mol. The molecule has 0 bridgehead atoms. The van der Waals surface area contributed by atoms with E-state index < -0.39 is 26.9 Å². The van der Waals surface area contributed by atoms with Gasteiger partial charge in [0.2, 0.25) is 0 Å². The highest BCUT2D eigenvalue weighted by molar-refractivity contribution is 7.87. The Kier molecular flexibility index (Phi) is 5.52. The van der Waals surface area contributed by atoms with E-state index in [0.717, 1.165) is 0 Å². The lowest BCUT2D eigenvalue weighted by Gasteiger charge is -2.23. The second kappa shape index (κ2) is 5.76. The predicted molar refractivity (Wildman–Crippen MR) is 68.2 cm³/mol. The fraction of sp³-hybridized carbons (Fsp3) is 0.833. The van der Waals surface area contributed by atoms with Crippen molar-refractivity contribution in [2.45, 2.75) is 46.3 Å². The number of hydrogen-bond acceptors (Lipinski definition) is 4. The van der Waals surface area contributed by atoms with Crippen LogP contribution in [0.3, 0.4) is 0 Å². The van der Waals surface area contributed by atoms with Crippen LogP contribution in [0.1, 0.15) is 41.5 Å². The molecule has 100 valence electrons. The quantitative estimate of drug-likeness (QED) is 0.559. The zero-order chi connectivity index (χ0) is 13.9. The maximum Gasteiger partial charge on any atom is 0.319 e. The molecule has 0 aromatic heterocycles. The van der Waals surface area contributed by atoms with Crippen LogP contribution in [0, 0.1) is 5.41 Å². The van der Waals surface area contributed by atoms with Gasteiger partial charge >= 0.3 is 5.97 Å². The summed E-state index contributed by atoms with van der Waals surface area (Å²) in [6.07, 6.45) is 0. The van der Waals surface area contributed by atoms with Gasteiger partial charge in [-0.1, -0.05) is 0 Å². The van der Waals surface area contributed by atoms with Crippen molar-refractivity contribution < 1.29 is 18.5 Å². The third kappa shape index (κ3) is 4.58. The molecule has 0 aliphatic carbocycles. The Balaban J connectivity index is 4.72. The Bertz CT molecular complexity index is 326. The van der Waals surface area contributed by atoms with E-state index in [1.807, 2.05) is 0 Å². The normalized spacial score (nSPS) is 14.2. The summed E-state index contributed by atoms with van der Waals surface area (Å²) < 4.78 is 16.2. The fourth-order valence-corrected chi connectivity index (χ4v) is 1.97. The van der Waals surface area contributed by atoms with Crippen LogP contribution in [-0.4, -0.2) is 33.1 Å². The topological polar surface area (TPSA) is 60.4 Å². The van der Waals surface area contributed by atoms with Gasteiger partial charge in [0.25, 0.3) is 0 Å². The van der Waals surface area contributed by atoms with Crippen molar-refractivity contribution in [1.29, 1.82) is 0 Å². The molecule has 0 rings (SSSR count). The number of esters is 1. The van der Waals surface area contributed by atoms with Gasteiger partial charge in [-0.15, -0.1) is 0 Å². The van der Waals surface area contributed by atoms with Crippen LogP contribution in [-0.2, 0) is 25.1 Å². The second-order valence-corrected chi connectivity index (χ2v) is 7.58. The van der Waals surface area contributed by atoms with Crippen LogP contribution in [0.2, 0.25) is 0 Å². The van der Waals surface area contributed by atoms with Crippen LogP contribution in [0.15, 0.2) is 0 Å². The summed E-state index contributed by atoms with van der Waals surface area (Å²) in [4.78, 5) is 23.5. The number of Topliss-reactive ketones (excluding diaryl/α,β-unsaturated/α-hetero) is 1. The highest BCUT2D eigenvalue weighted by Crippen LogP contribution is 2.21. The zero-order valence-electron chi connectivity index (χ0n) is 11.5. The summed E-state index contributed by atoms with van der Waals surface area (Å²) in [6, 6.07) is 0. The Labute approximate surface area is 106 Å². The molecule has 0 heterocycles. The number of rotatable bonds is 5. The summed E-state index contributed by atoms with van der Waals surface area (Å²) >= 11 is 0. The van der Waals surface area contributed by atoms with Crippen molar-refractivity contribution in [3.63, 3.8) is 0 Å². The van der Waals surface area contributed by atoms with Crippen LogP contribution in [0.4, 0.5) is 0 Å². The van der Waals surface area contributed by atoms with Gasteiger partial charge in [-0.25, -0.2) is 0 Å². The molecule has 0 saturated carbocycles. The van der Waals surface area contributed by atoms with Crippen molar-refractivity contribution in [2.24, 2.45) is 5.41 Å². The molecule has 0 saturated heterocycles. The van der Waals surface area contributed by atoms with Gasteiger partial charge in [-0.2, -0.15) is 0 Å². The third-order valence-corrected chi connectivity index (χ3v) is 4.32. The molecule has 17 heavy (non-hydrogen) atoms. The molecule has 0 fully saturated rings. The lowest BCUT2D eigenvalue weighted by atomic mass is 9.89. The minimum Gasteiger partial charge on any atom is -0.465 e. The van der Waals surface area contributed by atoms with Crippen LogP contribution in [0.5, 0.6) is 0 Å². The first kappa shape index (κ1) is 16.3. The van der Waals surface area contributed by atoms with E-state index in [1.54, 1.807) is 27.7 Å². The highest BCUT2D eigenvalue weighted by Gasteiger charge is 2.39. The molecule has 0 aliphatic rings. The molecule has 1 atom stereocenters. The van der Waals surface area contributed by atoms with Gasteiger partial charge in [0.15, 0.2) is 5.78 Å². The molecule has 5 heteroatoms. The molecule has 0 amide bonds. The molecular weight excluding hydrogens is 240 g/mol. The van der Waals surface area contributed by atoms with E-state index in [2.05, 4.69) is 0 Å². The Morgan fingerprint density at radius 3 is 1.94 bits per heavy atom. The maximum absolute atomic E-state index is 11.9. The maximum atomic E-state index is 11.9. The largest absolute Gasteiger partial charge is 0.465 e. The Morgan fingerprint density at radius 2 is 1.59 bits per heavy atom. The van der Waals surface area contributed by atoms with Crippen molar-refractivity contribution in [2.75, 3.05) is 12.4 Å². The summed E-state index contributed by atoms with van der Waals surface area (Å²) in [6.45, 7) is 10.3. The Hall–Kier alpha value is -0.710. The number of carbonyl (C=O) groups is 2. The molecule has 0 spiro atoms. The van der Waals surface area contributed by atoms with Gasteiger partial charge in [0.1, 0.15) is 5.41 Å². The number of hydrogen-bond donors (Lipinski definition) is 0. The smallest absolute Gasteiger partial charge is 0.319 e. The van der Waals surface area contributed by atoms with Crippen LogP contribution >= 0.6 is 0 Å². The molecule has 0 aromatic carbocycles. The fourth-order valence-electron chi connectivity index (χ4n) is 0.941. The number of ketones is 1. The van der Waals surface area contributed by atoms with E-state index in [-0.39, 0.29) is 18.1 Å². The minimum atomic E-state index is -1.29. The first-order chi connectivity index (χ1) is 7.53. The average Bonchev–Trinajstić information content (AvgIpc) is 2.16. The highest BCUT2D eigenvalue weighted by atomic mass is 32.2. The van der Waals surface area contributed by atoms with Gasteiger partial charge in [0.05, 0.1) is 12.4 Å². The molecular formula is C12H22O4S. The third-order valence-electron chi connectivity index (χ3n) is 2.43. The molecule has 0 radical (unpaired) electrons. The first-order valence-electron chi connectivity index (χ1n) is 5.62. The van der Waals surface area contributed by atoms with Gasteiger partial charge in [-0.3, -0.25) is 13.8 Å². The summed E-state index contributed by atoms with van der Waals surface area (Å²) in [5.74, 6) is -1.02. The second-order valence-electron chi connectivity index (χ2n) is 5.37. The summed E-state index contributed by atoms with van der Waals surface area (Å²) in [5.41, 5.74) is -1.23. The van der Waals surface area contributed by atoms with Crippen molar-refractivity contribution in [3.8, 4) is 0 Å². The van der Waals surface area contributed by atoms with E-state index >= 15 is 0 Å². The van der Waals surface area contributed by atoms with Gasteiger partial charge in [0, 0.05) is 15.5 Å². The zero-order valence-corrected chi connectivity index (χ0v) is 12.3. The van der Waals surface area contributed by atoms with Gasteiger partial charge in [-0.05, 0) is 41.5 Å². The van der Waals surface area contributed by atoms with Crippen LogP contribution in [0.25, 0.3) is 0 Å². The molecule has 0 N–H and O–H groups in total. The van der Waals surface area contributed by atoms with E-state index in [4.69, 9.17) is 4.74 Å². The minimum absolute atomic E-state index is 0.116. The summed E-state index contributed by atoms with van der Waals surface area (Å²) in [7, 11) is -1.29. The van der Waals surface area contributed by atoms with E-state index in [1.165, 1.54) is 13.8 Å². The Morgan fingerprint density at radius 1 is 1.12 bits per heavy atom. The van der Waals surface area contributed by atoms with Crippen molar-refractivity contribution >= 4 is 22.6 Å². The standard InChI is InChI=1S/C12H22O4S/c1-7-16-10(14)12(5,6)9(13)8-17(15)11(2,3)4/h7-8H2,1-6H3. The lowest BCUT2D eigenvalue weighted by molar-refractivity contribution is -0.157. The predicted octanol–water partition coefficient (Wildman–Crippen LogP) is 1.69. The first-order valence-corrected chi connectivity index (χ1v) is 6.94. The van der Waals surface area contributed by atoms with E-state index in [0.29, 0.717) is 0 Å². The van der Waals surface area contributed by atoms with Crippen LogP contribution < -0.4 is 0 Å². The monoisotopic (exact) mass is 262 g/mol. The number of ether oxygens (including phenoxy) is 1. The molecule has 0 aliphatic heterocycles. The SMILES string of the molecule is CCOC(=O)C(C)(C)C(=O)CS(=O)C(C)(C)C. The van der Waals surface area contributed by atoms with Crippen molar-refractivity contribution in [3.05, 3.63) is 0 Å².